The predicted molar refractivity (Wildman–Crippen MR) is 64.8 cm³/mol. The molecule has 2 aliphatic rings. The van der Waals surface area contributed by atoms with Crippen LogP contribution in [-0.2, 0) is 0 Å². The third-order valence-corrected chi connectivity index (χ3v) is 4.76. The van der Waals surface area contributed by atoms with Gasteiger partial charge in [-0.15, -0.1) is 0 Å². The van der Waals surface area contributed by atoms with E-state index in [-0.39, 0.29) is 0 Å². The minimum atomic E-state index is 0.475. The monoisotopic (exact) mass is 210 g/mol. The summed E-state index contributed by atoms with van der Waals surface area (Å²) >= 11 is 0. The highest BCUT2D eigenvalue weighted by molar-refractivity contribution is 4.99. The number of hydrogen-bond acceptors (Lipinski definition) is 2. The van der Waals surface area contributed by atoms with Crippen molar-refractivity contribution in [1.82, 2.24) is 4.90 Å². The lowest BCUT2D eigenvalue weighted by Gasteiger charge is -2.43. The number of rotatable bonds is 3. The van der Waals surface area contributed by atoms with Gasteiger partial charge in [-0.1, -0.05) is 20.3 Å². The van der Waals surface area contributed by atoms with Gasteiger partial charge in [-0.05, 0) is 38.5 Å². The van der Waals surface area contributed by atoms with Gasteiger partial charge in [0.05, 0.1) is 0 Å². The molecule has 88 valence electrons. The lowest BCUT2D eigenvalue weighted by Crippen LogP contribution is -2.52. The zero-order valence-electron chi connectivity index (χ0n) is 10.4. The van der Waals surface area contributed by atoms with Crippen LogP contribution in [0.1, 0.15) is 52.9 Å². The van der Waals surface area contributed by atoms with Crippen LogP contribution in [0, 0.1) is 5.92 Å². The Morgan fingerprint density at radius 3 is 2.20 bits per heavy atom. The fourth-order valence-corrected chi connectivity index (χ4v) is 3.56. The molecule has 0 saturated carbocycles. The van der Waals surface area contributed by atoms with E-state index in [1.807, 2.05) is 0 Å². The summed E-state index contributed by atoms with van der Waals surface area (Å²) < 4.78 is 0. The molecule has 2 nitrogen and oxygen atoms in total. The molecule has 2 bridgehead atoms. The molecular formula is C13H26N2. The molecule has 4 unspecified atom stereocenters. The molecule has 0 amide bonds. The van der Waals surface area contributed by atoms with Gasteiger partial charge < -0.3 is 5.73 Å². The average Bonchev–Trinajstić information content (AvgIpc) is 2.49. The normalized spacial score (nSPS) is 40.4. The van der Waals surface area contributed by atoms with Crippen molar-refractivity contribution in [2.75, 3.05) is 0 Å². The van der Waals surface area contributed by atoms with Gasteiger partial charge in [0.1, 0.15) is 0 Å². The van der Waals surface area contributed by atoms with Crippen LogP contribution in [0.4, 0.5) is 0 Å². The maximum atomic E-state index is 6.10. The van der Waals surface area contributed by atoms with E-state index in [4.69, 9.17) is 5.73 Å². The lowest BCUT2D eigenvalue weighted by molar-refractivity contribution is 0.0586. The van der Waals surface area contributed by atoms with E-state index in [1.165, 1.54) is 32.1 Å². The average molecular weight is 210 g/mol. The third-order valence-electron chi connectivity index (χ3n) is 4.76. The number of piperidine rings is 1. The molecular weight excluding hydrogens is 184 g/mol. The maximum absolute atomic E-state index is 6.10. The Morgan fingerprint density at radius 2 is 1.73 bits per heavy atom. The highest BCUT2D eigenvalue weighted by atomic mass is 15.2. The third kappa shape index (κ3) is 2.07. The zero-order valence-corrected chi connectivity index (χ0v) is 10.4. The molecule has 0 aliphatic carbocycles. The Morgan fingerprint density at radius 1 is 1.20 bits per heavy atom. The quantitative estimate of drug-likeness (QED) is 0.775. The molecule has 0 aromatic heterocycles. The van der Waals surface area contributed by atoms with Crippen LogP contribution in [0.5, 0.6) is 0 Å². The fourth-order valence-electron chi connectivity index (χ4n) is 3.56. The van der Waals surface area contributed by atoms with Crippen molar-refractivity contribution >= 4 is 0 Å². The van der Waals surface area contributed by atoms with Crippen LogP contribution in [-0.4, -0.2) is 29.1 Å². The van der Waals surface area contributed by atoms with Crippen molar-refractivity contribution in [3.63, 3.8) is 0 Å². The summed E-state index contributed by atoms with van der Waals surface area (Å²) in [6.07, 6.45) is 6.54. The second-order valence-corrected chi connectivity index (χ2v) is 5.69. The van der Waals surface area contributed by atoms with Gasteiger partial charge in [0.15, 0.2) is 0 Å². The lowest BCUT2D eigenvalue weighted by atomic mass is 9.91. The maximum Gasteiger partial charge on any atom is 0.0116 e. The van der Waals surface area contributed by atoms with Crippen molar-refractivity contribution in [1.29, 1.82) is 0 Å². The van der Waals surface area contributed by atoms with Gasteiger partial charge in [-0.2, -0.15) is 0 Å². The molecule has 0 spiro atoms. The second-order valence-electron chi connectivity index (χ2n) is 5.69. The molecule has 2 heterocycles. The molecule has 2 heteroatoms. The van der Waals surface area contributed by atoms with Crippen molar-refractivity contribution in [2.24, 2.45) is 11.7 Å². The van der Waals surface area contributed by atoms with Gasteiger partial charge in [-0.25, -0.2) is 0 Å². The Bertz CT molecular complexity index is 203. The summed E-state index contributed by atoms with van der Waals surface area (Å²) in [5, 5.41) is 0. The van der Waals surface area contributed by atoms with Crippen molar-refractivity contribution in [3.8, 4) is 0 Å². The van der Waals surface area contributed by atoms with Crippen molar-refractivity contribution in [3.05, 3.63) is 0 Å². The Hall–Kier alpha value is -0.0800. The van der Waals surface area contributed by atoms with Gasteiger partial charge in [0.2, 0.25) is 0 Å². The summed E-state index contributed by atoms with van der Waals surface area (Å²) in [5.41, 5.74) is 6.10. The molecule has 2 fully saturated rings. The van der Waals surface area contributed by atoms with E-state index >= 15 is 0 Å². The predicted octanol–water partition coefficient (Wildman–Crippen LogP) is 2.38. The van der Waals surface area contributed by atoms with E-state index in [9.17, 15) is 0 Å². The number of fused-ring (bicyclic) bond motifs is 2. The van der Waals surface area contributed by atoms with Crippen molar-refractivity contribution < 1.29 is 0 Å². The summed E-state index contributed by atoms with van der Waals surface area (Å²) in [6.45, 7) is 7.10. The number of hydrogen-bond donors (Lipinski definition) is 1. The smallest absolute Gasteiger partial charge is 0.0116 e. The zero-order chi connectivity index (χ0) is 11.0. The molecule has 4 atom stereocenters. The van der Waals surface area contributed by atoms with E-state index in [2.05, 4.69) is 25.7 Å². The Labute approximate surface area is 94.2 Å². The van der Waals surface area contributed by atoms with Crippen molar-refractivity contribution in [2.45, 2.75) is 77.0 Å². The first kappa shape index (κ1) is 11.4. The summed E-state index contributed by atoms with van der Waals surface area (Å²) in [6, 6.07) is 2.81. The van der Waals surface area contributed by atoms with E-state index in [1.54, 1.807) is 0 Å². The number of nitrogens with two attached hydrogens (primary N) is 1. The standard InChI is InChI=1S/C13H26N2/c1-4-9(2)10(3)15-12-5-6-13(15)8-11(14)7-12/h9-13H,4-8,14H2,1-3H3. The van der Waals surface area contributed by atoms with Crippen LogP contribution in [0.2, 0.25) is 0 Å². The molecule has 0 radical (unpaired) electrons. The Kier molecular flexibility index (Phi) is 3.36. The first-order valence-corrected chi connectivity index (χ1v) is 6.66. The Balaban J connectivity index is 2.04. The molecule has 2 N–H and O–H groups in total. The van der Waals surface area contributed by atoms with Gasteiger partial charge in [0.25, 0.3) is 0 Å². The topological polar surface area (TPSA) is 29.3 Å². The van der Waals surface area contributed by atoms with Crippen LogP contribution < -0.4 is 5.73 Å². The minimum absolute atomic E-state index is 0.475. The van der Waals surface area contributed by atoms with Crippen LogP contribution in [0.25, 0.3) is 0 Å². The van der Waals surface area contributed by atoms with Crippen LogP contribution >= 0.6 is 0 Å². The highest BCUT2D eigenvalue weighted by Crippen LogP contribution is 2.38. The second kappa shape index (κ2) is 4.42. The molecule has 2 saturated heterocycles. The van der Waals surface area contributed by atoms with E-state index in [0.717, 1.165) is 24.0 Å². The van der Waals surface area contributed by atoms with Crippen LogP contribution in [0.3, 0.4) is 0 Å². The van der Waals surface area contributed by atoms with Crippen LogP contribution in [0.15, 0.2) is 0 Å². The largest absolute Gasteiger partial charge is 0.328 e. The summed E-state index contributed by atoms with van der Waals surface area (Å²) in [4.78, 5) is 2.79. The first-order chi connectivity index (χ1) is 7.13. The van der Waals surface area contributed by atoms with Gasteiger partial charge in [0, 0.05) is 24.2 Å². The molecule has 0 aromatic carbocycles. The van der Waals surface area contributed by atoms with Gasteiger partial charge in [-0.3, -0.25) is 4.90 Å². The minimum Gasteiger partial charge on any atom is -0.328 e. The molecule has 15 heavy (non-hydrogen) atoms. The van der Waals surface area contributed by atoms with E-state index in [0.29, 0.717) is 6.04 Å². The first-order valence-electron chi connectivity index (χ1n) is 6.66. The fraction of sp³-hybridized carbons (Fsp3) is 1.00. The van der Waals surface area contributed by atoms with Gasteiger partial charge >= 0.3 is 0 Å². The number of nitrogens with zero attached hydrogens (tertiary/aromatic N) is 1. The highest BCUT2D eigenvalue weighted by Gasteiger charge is 2.42. The molecule has 2 aliphatic heterocycles. The van der Waals surface area contributed by atoms with E-state index < -0.39 is 0 Å². The SMILES string of the molecule is CCC(C)C(C)N1C2CCC1CC(N)C2. The molecule has 2 rings (SSSR count). The summed E-state index contributed by atoms with van der Waals surface area (Å²) in [7, 11) is 0. The summed E-state index contributed by atoms with van der Waals surface area (Å²) in [5.74, 6) is 0.822. The molecule has 0 aromatic rings.